The van der Waals surface area contributed by atoms with Gasteiger partial charge in [-0.3, -0.25) is 0 Å². The number of rotatable bonds is 5. The average molecular weight is 438 g/mol. The summed E-state index contributed by atoms with van der Waals surface area (Å²) in [5.74, 6) is 0. The Morgan fingerprint density at radius 2 is 1.46 bits per heavy atom. The second-order valence-corrected chi connectivity index (χ2v) is 12.9. The smallest absolute Gasteiger partial charge is 1.00 e. The Kier molecular flexibility index (Phi) is 11.8. The van der Waals surface area contributed by atoms with Crippen molar-refractivity contribution in [2.75, 3.05) is 0 Å². The fraction of sp³-hybridized carbons (Fsp3) is 0.474. The largest absolute Gasteiger partial charge is 1.00 e. The molecule has 132 valence electrons. The predicted octanol–water partition coefficient (Wildman–Crippen LogP) is -3.24. The standard InChI is InChI=1S/C19H27Si.3ClH.Ti/c1-6-19(7-2,16-11-9-8-10-12-16)17-13-14-18(15-17)20(3,4)5;;;;/h8-12,14H,6-7,13H2,1-5H3;3*1H;/q;;;;+3/p-3. The van der Waals surface area contributed by atoms with E-state index in [9.17, 15) is 0 Å². The molecule has 0 saturated carbocycles. The molecule has 0 aromatic heterocycles. The maximum Gasteiger partial charge on any atom is -1.00 e. The summed E-state index contributed by atoms with van der Waals surface area (Å²) in [5, 5.41) is 1.68. The Labute approximate surface area is 179 Å². The normalized spacial score (nSPS) is 14.4. The van der Waals surface area contributed by atoms with Gasteiger partial charge in [-0.2, -0.15) is 0 Å². The van der Waals surface area contributed by atoms with Crippen molar-refractivity contribution in [2.45, 2.75) is 58.2 Å². The molecule has 0 unspecified atom stereocenters. The summed E-state index contributed by atoms with van der Waals surface area (Å²) in [4.78, 5) is 0. The molecule has 0 aliphatic heterocycles. The average Bonchev–Trinajstić information content (AvgIpc) is 2.85. The quantitative estimate of drug-likeness (QED) is 0.425. The molecule has 1 aliphatic carbocycles. The molecule has 0 N–H and O–H groups in total. The van der Waals surface area contributed by atoms with Crippen LogP contribution in [0.25, 0.3) is 0 Å². The molecule has 0 amide bonds. The zero-order valence-electron chi connectivity index (χ0n) is 15.2. The van der Waals surface area contributed by atoms with Gasteiger partial charge in [-0.25, -0.2) is 0 Å². The van der Waals surface area contributed by atoms with Crippen LogP contribution in [-0.4, -0.2) is 8.07 Å². The number of hydrogen-bond acceptors (Lipinski definition) is 0. The van der Waals surface area contributed by atoms with E-state index in [0.29, 0.717) is 0 Å². The molecular formula is C19H27Cl3SiTi. The van der Waals surface area contributed by atoms with E-state index >= 15 is 0 Å². The Hall–Kier alpha value is 0.501. The van der Waals surface area contributed by atoms with Crippen molar-refractivity contribution in [1.29, 1.82) is 0 Å². The minimum absolute atomic E-state index is 0. The summed E-state index contributed by atoms with van der Waals surface area (Å²) in [6.45, 7) is 12.1. The third kappa shape index (κ3) is 5.02. The Bertz CT molecular complexity index is 570. The van der Waals surface area contributed by atoms with Crippen molar-refractivity contribution in [3.05, 3.63) is 56.6 Å². The zero-order valence-corrected chi connectivity index (χ0v) is 20.0. The first kappa shape index (κ1) is 26.7. The SMILES string of the molecule is CCC(CC)(C1=[C]([Ti+3])C([Si](C)(C)C)=CC1)c1ccccc1.[Cl-].[Cl-].[Cl-]. The van der Waals surface area contributed by atoms with Gasteiger partial charge in [0.25, 0.3) is 0 Å². The zero-order chi connectivity index (χ0) is 15.7. The molecule has 0 radical (unpaired) electrons. The fourth-order valence-electron chi connectivity index (χ4n) is 3.70. The van der Waals surface area contributed by atoms with Crippen LogP contribution >= 0.6 is 0 Å². The number of halogens is 3. The van der Waals surface area contributed by atoms with Crippen LogP contribution < -0.4 is 37.2 Å². The van der Waals surface area contributed by atoms with E-state index in [-0.39, 0.29) is 42.6 Å². The van der Waals surface area contributed by atoms with Crippen molar-refractivity contribution in [2.24, 2.45) is 0 Å². The number of allylic oxidation sites excluding steroid dienone is 4. The van der Waals surface area contributed by atoms with Gasteiger partial charge < -0.3 is 37.2 Å². The van der Waals surface area contributed by atoms with E-state index in [4.69, 9.17) is 0 Å². The molecule has 1 aliphatic rings. The van der Waals surface area contributed by atoms with Crippen LogP contribution in [0, 0.1) is 0 Å². The van der Waals surface area contributed by atoms with Crippen molar-refractivity contribution in [3.8, 4) is 0 Å². The second-order valence-electron chi connectivity index (χ2n) is 7.08. The molecule has 0 bridgehead atoms. The molecule has 0 saturated heterocycles. The van der Waals surface area contributed by atoms with Crippen LogP contribution in [0.1, 0.15) is 38.7 Å². The molecule has 5 heteroatoms. The van der Waals surface area contributed by atoms with E-state index < -0.39 is 8.07 Å². The maximum atomic E-state index is 2.53. The van der Waals surface area contributed by atoms with Crippen LogP contribution in [0.2, 0.25) is 19.6 Å². The van der Waals surface area contributed by atoms with Crippen LogP contribution in [0.3, 0.4) is 0 Å². The first-order valence-corrected chi connectivity index (χ1v) is 12.4. The Morgan fingerprint density at radius 3 is 1.83 bits per heavy atom. The summed E-state index contributed by atoms with van der Waals surface area (Å²) < 4.78 is 1.60. The molecular weight excluding hydrogens is 411 g/mol. The Balaban J connectivity index is 0. The van der Waals surface area contributed by atoms with Gasteiger partial charge in [0, 0.05) is 0 Å². The predicted molar refractivity (Wildman–Crippen MR) is 91.8 cm³/mol. The molecule has 1 aromatic carbocycles. The third-order valence-electron chi connectivity index (χ3n) is 5.00. The first-order valence-electron chi connectivity index (χ1n) is 8.08. The maximum absolute atomic E-state index is 2.53. The van der Waals surface area contributed by atoms with Crippen molar-refractivity contribution < 1.29 is 57.7 Å². The van der Waals surface area contributed by atoms with Gasteiger partial charge in [0.1, 0.15) is 0 Å². The monoisotopic (exact) mass is 436 g/mol. The molecule has 0 nitrogen and oxygen atoms in total. The summed E-state index contributed by atoms with van der Waals surface area (Å²) in [7, 11) is -1.23. The van der Waals surface area contributed by atoms with Gasteiger partial charge in [0.15, 0.2) is 0 Å². The van der Waals surface area contributed by atoms with E-state index in [2.05, 4.69) is 90.3 Å². The molecule has 0 fully saturated rings. The van der Waals surface area contributed by atoms with Gasteiger partial charge in [-0.1, -0.05) is 0 Å². The third-order valence-corrected chi connectivity index (χ3v) is 8.35. The fourth-order valence-corrected chi connectivity index (χ4v) is 7.77. The molecule has 2 rings (SSSR count). The van der Waals surface area contributed by atoms with E-state index in [1.54, 1.807) is 14.6 Å². The van der Waals surface area contributed by atoms with Crippen LogP contribution in [-0.2, 0) is 25.9 Å². The molecule has 24 heavy (non-hydrogen) atoms. The topological polar surface area (TPSA) is 0 Å². The second kappa shape index (κ2) is 10.6. The minimum atomic E-state index is -1.23. The van der Waals surface area contributed by atoms with Gasteiger partial charge in [-0.05, 0) is 0 Å². The van der Waals surface area contributed by atoms with Crippen molar-refractivity contribution in [1.82, 2.24) is 0 Å². The molecule has 0 heterocycles. The summed E-state index contributed by atoms with van der Waals surface area (Å²) in [6.07, 6.45) is 6.06. The molecule has 0 atom stereocenters. The van der Waals surface area contributed by atoms with Gasteiger partial charge >= 0.3 is 143 Å². The number of benzene rings is 1. The summed E-state index contributed by atoms with van der Waals surface area (Å²) in [5.41, 5.74) is 3.40. The van der Waals surface area contributed by atoms with Crippen molar-refractivity contribution in [3.63, 3.8) is 0 Å². The van der Waals surface area contributed by atoms with Crippen LogP contribution in [0.5, 0.6) is 0 Å². The van der Waals surface area contributed by atoms with E-state index in [1.807, 2.05) is 0 Å². The molecule has 1 aromatic rings. The van der Waals surface area contributed by atoms with Gasteiger partial charge in [-0.15, -0.1) is 0 Å². The van der Waals surface area contributed by atoms with E-state index in [1.165, 1.54) is 18.4 Å². The first-order chi connectivity index (χ1) is 9.86. The summed E-state index contributed by atoms with van der Waals surface area (Å²) >= 11 is 2.37. The summed E-state index contributed by atoms with van der Waals surface area (Å²) in [6, 6.07) is 11.1. The number of hydrogen-bond donors (Lipinski definition) is 0. The van der Waals surface area contributed by atoms with Crippen LogP contribution in [0.4, 0.5) is 0 Å². The molecule has 0 spiro atoms. The Morgan fingerprint density at radius 1 is 0.958 bits per heavy atom. The van der Waals surface area contributed by atoms with E-state index in [0.717, 1.165) is 6.42 Å². The minimum Gasteiger partial charge on any atom is -1.00 e. The van der Waals surface area contributed by atoms with Crippen molar-refractivity contribution >= 4 is 8.07 Å². The van der Waals surface area contributed by atoms with Gasteiger partial charge in [0.2, 0.25) is 0 Å². The van der Waals surface area contributed by atoms with Gasteiger partial charge in [0.05, 0.1) is 0 Å². The van der Waals surface area contributed by atoms with Crippen LogP contribution in [0.15, 0.2) is 51.1 Å².